The van der Waals surface area contributed by atoms with Gasteiger partial charge in [-0.1, -0.05) is 0 Å². The number of rotatable bonds is 5. The molecule has 0 saturated carbocycles. The minimum atomic E-state index is -0.955. The first-order valence-electron chi connectivity index (χ1n) is 5.28. The molecule has 0 atom stereocenters. The molecule has 0 aromatic carbocycles. The van der Waals surface area contributed by atoms with Crippen molar-refractivity contribution in [2.45, 2.75) is 12.8 Å². The van der Waals surface area contributed by atoms with Gasteiger partial charge in [-0.2, -0.15) is 0 Å². The summed E-state index contributed by atoms with van der Waals surface area (Å²) in [6.07, 6.45) is 3.08. The molecule has 17 heavy (non-hydrogen) atoms. The summed E-state index contributed by atoms with van der Waals surface area (Å²) in [5, 5.41) is 16.9. The van der Waals surface area contributed by atoms with Crippen LogP contribution < -0.4 is 0 Å². The second-order valence-electron chi connectivity index (χ2n) is 3.66. The summed E-state index contributed by atoms with van der Waals surface area (Å²) in [4.78, 5) is 10.9. The number of aromatic nitrogens is 3. The van der Waals surface area contributed by atoms with Crippen LogP contribution in [0.4, 0.5) is 0 Å². The zero-order chi connectivity index (χ0) is 12.3. The Balaban J connectivity index is 2.30. The third kappa shape index (κ3) is 2.42. The van der Waals surface area contributed by atoms with Crippen molar-refractivity contribution >= 4 is 11.6 Å². The summed E-state index contributed by atoms with van der Waals surface area (Å²) in [5.74, 6) is -0.205. The van der Waals surface area contributed by atoms with Gasteiger partial charge in [-0.3, -0.25) is 4.40 Å². The van der Waals surface area contributed by atoms with E-state index in [1.54, 1.807) is 23.8 Å². The van der Waals surface area contributed by atoms with Crippen LogP contribution in [0, 0.1) is 0 Å². The van der Waals surface area contributed by atoms with E-state index in [-0.39, 0.29) is 5.56 Å². The standard InChI is InChI=1S/C11H13N3O3/c1-17-6-2-3-9-12-13-10-5-4-8(11(15)16)7-14(9)10/h4-5,7H,2-3,6H2,1H3,(H,15,16). The average molecular weight is 235 g/mol. The van der Waals surface area contributed by atoms with Gasteiger partial charge in [0, 0.05) is 26.3 Å². The highest BCUT2D eigenvalue weighted by Gasteiger charge is 2.08. The number of carbonyl (C=O) groups is 1. The number of aryl methyl sites for hydroxylation is 1. The smallest absolute Gasteiger partial charge is 0.337 e. The molecule has 2 rings (SSSR count). The van der Waals surface area contributed by atoms with Gasteiger partial charge in [0.2, 0.25) is 0 Å². The number of fused-ring (bicyclic) bond motifs is 1. The summed E-state index contributed by atoms with van der Waals surface area (Å²) in [7, 11) is 1.64. The number of methoxy groups -OCH3 is 1. The molecule has 2 heterocycles. The van der Waals surface area contributed by atoms with Crippen LogP contribution in [0.25, 0.3) is 5.65 Å². The topological polar surface area (TPSA) is 76.7 Å². The molecule has 0 radical (unpaired) electrons. The van der Waals surface area contributed by atoms with Gasteiger partial charge >= 0.3 is 5.97 Å². The average Bonchev–Trinajstić information content (AvgIpc) is 2.72. The molecule has 0 spiro atoms. The summed E-state index contributed by atoms with van der Waals surface area (Å²) in [5.41, 5.74) is 0.882. The van der Waals surface area contributed by atoms with Crippen molar-refractivity contribution in [2.75, 3.05) is 13.7 Å². The predicted molar refractivity (Wildman–Crippen MR) is 60.1 cm³/mol. The maximum absolute atomic E-state index is 10.9. The molecule has 0 saturated heterocycles. The largest absolute Gasteiger partial charge is 0.478 e. The van der Waals surface area contributed by atoms with Gasteiger partial charge in [-0.05, 0) is 18.6 Å². The minimum absolute atomic E-state index is 0.227. The van der Waals surface area contributed by atoms with Crippen LogP contribution in [0.1, 0.15) is 22.6 Å². The third-order valence-corrected chi connectivity index (χ3v) is 2.47. The molecule has 0 aliphatic rings. The number of aromatic carboxylic acids is 1. The molecule has 0 bridgehead atoms. The Hall–Kier alpha value is -1.95. The molecule has 0 fully saturated rings. The van der Waals surface area contributed by atoms with Crippen LogP contribution in [-0.2, 0) is 11.2 Å². The maximum atomic E-state index is 10.9. The lowest BCUT2D eigenvalue weighted by atomic mass is 10.2. The van der Waals surface area contributed by atoms with Crippen molar-refractivity contribution in [3.05, 3.63) is 29.7 Å². The van der Waals surface area contributed by atoms with Gasteiger partial charge in [-0.25, -0.2) is 4.79 Å². The van der Waals surface area contributed by atoms with E-state index in [4.69, 9.17) is 9.84 Å². The van der Waals surface area contributed by atoms with E-state index in [2.05, 4.69) is 10.2 Å². The Morgan fingerprint density at radius 3 is 3.00 bits per heavy atom. The molecule has 1 N–H and O–H groups in total. The second-order valence-corrected chi connectivity index (χ2v) is 3.66. The summed E-state index contributed by atoms with van der Waals surface area (Å²) in [6.45, 7) is 0.646. The van der Waals surface area contributed by atoms with Gasteiger partial charge < -0.3 is 9.84 Å². The minimum Gasteiger partial charge on any atom is -0.478 e. The zero-order valence-corrected chi connectivity index (χ0v) is 9.46. The van der Waals surface area contributed by atoms with Crippen molar-refractivity contribution in [1.82, 2.24) is 14.6 Å². The van der Waals surface area contributed by atoms with Crippen molar-refractivity contribution in [3.63, 3.8) is 0 Å². The highest BCUT2D eigenvalue weighted by molar-refractivity contribution is 5.87. The molecule has 2 aromatic rings. The predicted octanol–water partition coefficient (Wildman–Crippen LogP) is 1.01. The van der Waals surface area contributed by atoms with Gasteiger partial charge in [0.25, 0.3) is 0 Å². The molecular formula is C11H13N3O3. The number of carboxylic acids is 1. The lowest BCUT2D eigenvalue weighted by molar-refractivity contribution is 0.0696. The fraction of sp³-hybridized carbons (Fsp3) is 0.364. The first-order chi connectivity index (χ1) is 8.22. The number of hydrogen-bond acceptors (Lipinski definition) is 4. The van der Waals surface area contributed by atoms with E-state index in [0.717, 1.165) is 12.2 Å². The van der Waals surface area contributed by atoms with E-state index in [0.29, 0.717) is 18.7 Å². The molecule has 0 aliphatic heterocycles. The van der Waals surface area contributed by atoms with Crippen LogP contribution in [0.5, 0.6) is 0 Å². The molecule has 0 aliphatic carbocycles. The zero-order valence-electron chi connectivity index (χ0n) is 9.46. The maximum Gasteiger partial charge on any atom is 0.337 e. The Bertz CT molecular complexity index is 536. The van der Waals surface area contributed by atoms with E-state index in [1.807, 2.05) is 0 Å². The normalized spacial score (nSPS) is 10.9. The number of nitrogens with zero attached hydrogens (tertiary/aromatic N) is 3. The fourth-order valence-corrected chi connectivity index (χ4v) is 1.61. The highest BCUT2D eigenvalue weighted by atomic mass is 16.5. The summed E-state index contributed by atoms with van der Waals surface area (Å²) >= 11 is 0. The number of ether oxygens (including phenoxy) is 1. The van der Waals surface area contributed by atoms with Gasteiger partial charge in [0.15, 0.2) is 5.65 Å². The molecule has 0 amide bonds. The Labute approximate surface area is 97.9 Å². The quantitative estimate of drug-likeness (QED) is 0.782. The number of pyridine rings is 1. The molecule has 90 valence electrons. The van der Waals surface area contributed by atoms with Crippen molar-refractivity contribution in [2.24, 2.45) is 0 Å². The highest BCUT2D eigenvalue weighted by Crippen LogP contribution is 2.08. The van der Waals surface area contributed by atoms with Gasteiger partial charge in [0.05, 0.1) is 5.56 Å². The van der Waals surface area contributed by atoms with Crippen LogP contribution in [0.3, 0.4) is 0 Å². The van der Waals surface area contributed by atoms with Gasteiger partial charge in [0.1, 0.15) is 5.82 Å². The molecule has 6 heteroatoms. The van der Waals surface area contributed by atoms with Crippen molar-refractivity contribution in [1.29, 1.82) is 0 Å². The molecular weight excluding hydrogens is 222 g/mol. The first-order valence-corrected chi connectivity index (χ1v) is 5.28. The summed E-state index contributed by atoms with van der Waals surface area (Å²) < 4.78 is 6.67. The van der Waals surface area contributed by atoms with Crippen molar-refractivity contribution < 1.29 is 14.6 Å². The lowest BCUT2D eigenvalue weighted by Gasteiger charge is -2.01. The van der Waals surface area contributed by atoms with E-state index < -0.39 is 5.97 Å². The second kappa shape index (κ2) is 4.92. The van der Waals surface area contributed by atoms with E-state index >= 15 is 0 Å². The summed E-state index contributed by atoms with van der Waals surface area (Å²) in [6, 6.07) is 3.17. The van der Waals surface area contributed by atoms with Crippen LogP contribution in [-0.4, -0.2) is 39.4 Å². The molecule has 6 nitrogen and oxygen atoms in total. The van der Waals surface area contributed by atoms with Crippen molar-refractivity contribution in [3.8, 4) is 0 Å². The van der Waals surface area contributed by atoms with Gasteiger partial charge in [-0.15, -0.1) is 10.2 Å². The number of carboxylic acid groups (broad SMARTS) is 1. The Morgan fingerprint density at radius 1 is 1.47 bits per heavy atom. The first kappa shape index (κ1) is 11.5. The van der Waals surface area contributed by atoms with E-state index in [9.17, 15) is 4.79 Å². The fourth-order valence-electron chi connectivity index (χ4n) is 1.61. The lowest BCUT2D eigenvalue weighted by Crippen LogP contribution is -2.02. The van der Waals surface area contributed by atoms with Crippen LogP contribution >= 0.6 is 0 Å². The molecule has 0 unspecified atom stereocenters. The van der Waals surface area contributed by atoms with Crippen LogP contribution in [0.15, 0.2) is 18.3 Å². The molecule has 2 aromatic heterocycles. The number of hydrogen-bond donors (Lipinski definition) is 1. The Morgan fingerprint density at radius 2 is 2.29 bits per heavy atom. The monoisotopic (exact) mass is 235 g/mol. The third-order valence-electron chi connectivity index (χ3n) is 2.47. The van der Waals surface area contributed by atoms with Crippen LogP contribution in [0.2, 0.25) is 0 Å². The Kier molecular flexibility index (Phi) is 3.34. The van der Waals surface area contributed by atoms with E-state index in [1.165, 1.54) is 6.07 Å². The SMILES string of the molecule is COCCCc1nnc2ccc(C(=O)O)cn12.